The Kier molecular flexibility index (Phi) is 6.68. The summed E-state index contributed by atoms with van der Waals surface area (Å²) in [4.78, 5) is 22.7. The van der Waals surface area contributed by atoms with Gasteiger partial charge in [-0.15, -0.1) is 0 Å². The second-order valence-corrected chi connectivity index (χ2v) is 5.14. The van der Waals surface area contributed by atoms with Gasteiger partial charge >= 0.3 is 12.1 Å². The smallest absolute Gasteiger partial charge is 0.408 e. The Labute approximate surface area is 123 Å². The molecular weight excluding hydrogens is 274 g/mol. The molecule has 2 atom stereocenters. The Balaban J connectivity index is 2.47. The van der Waals surface area contributed by atoms with E-state index in [1.54, 1.807) is 26.0 Å². The molecule has 0 aliphatic heterocycles. The summed E-state index contributed by atoms with van der Waals surface area (Å²) in [6.45, 7) is 3.61. The van der Waals surface area contributed by atoms with Crippen LogP contribution in [0.5, 0.6) is 0 Å². The van der Waals surface area contributed by atoms with E-state index in [1.807, 2.05) is 18.2 Å². The standard InChI is InChI=1S/C15H21NO5/c1-10(2)13(17)8-12(14(18)19)16-15(20)21-9-11-6-4-3-5-7-11/h3-7,10,12-13,17H,8-9H2,1-2H3,(H,16,20)(H,18,19). The van der Waals surface area contributed by atoms with Crippen molar-refractivity contribution >= 4 is 12.1 Å². The molecule has 0 fully saturated rings. The van der Waals surface area contributed by atoms with Crippen molar-refractivity contribution in [3.63, 3.8) is 0 Å². The lowest BCUT2D eigenvalue weighted by Gasteiger charge is -2.20. The van der Waals surface area contributed by atoms with E-state index in [-0.39, 0.29) is 18.9 Å². The van der Waals surface area contributed by atoms with Crippen LogP contribution in [0.25, 0.3) is 0 Å². The first-order valence-corrected chi connectivity index (χ1v) is 6.78. The summed E-state index contributed by atoms with van der Waals surface area (Å²) in [5, 5.41) is 21.0. The van der Waals surface area contributed by atoms with E-state index in [0.29, 0.717) is 0 Å². The van der Waals surface area contributed by atoms with Gasteiger partial charge in [0, 0.05) is 6.42 Å². The number of amides is 1. The highest BCUT2D eigenvalue weighted by Crippen LogP contribution is 2.09. The number of nitrogens with one attached hydrogen (secondary N) is 1. The van der Waals surface area contributed by atoms with Gasteiger partial charge in [-0.3, -0.25) is 0 Å². The number of aliphatic hydroxyl groups excluding tert-OH is 1. The number of carbonyl (C=O) groups excluding carboxylic acids is 1. The minimum Gasteiger partial charge on any atom is -0.480 e. The van der Waals surface area contributed by atoms with Crippen LogP contribution >= 0.6 is 0 Å². The topological polar surface area (TPSA) is 95.9 Å². The molecule has 1 aromatic carbocycles. The first-order chi connectivity index (χ1) is 9.90. The number of carboxylic acid groups (broad SMARTS) is 1. The highest BCUT2D eigenvalue weighted by Gasteiger charge is 2.25. The van der Waals surface area contributed by atoms with Crippen LogP contribution in [0, 0.1) is 5.92 Å². The van der Waals surface area contributed by atoms with Gasteiger partial charge in [-0.25, -0.2) is 9.59 Å². The van der Waals surface area contributed by atoms with Crippen molar-refractivity contribution in [3.05, 3.63) is 35.9 Å². The lowest BCUT2D eigenvalue weighted by atomic mass is 10.00. The van der Waals surface area contributed by atoms with Gasteiger partial charge in [0.25, 0.3) is 0 Å². The molecule has 2 unspecified atom stereocenters. The zero-order chi connectivity index (χ0) is 15.8. The molecule has 0 radical (unpaired) electrons. The van der Waals surface area contributed by atoms with Crippen LogP contribution < -0.4 is 5.32 Å². The fraction of sp³-hybridized carbons (Fsp3) is 0.467. The van der Waals surface area contributed by atoms with Gasteiger partial charge in [-0.1, -0.05) is 44.2 Å². The molecule has 0 saturated heterocycles. The molecule has 0 aliphatic rings. The van der Waals surface area contributed by atoms with E-state index in [4.69, 9.17) is 9.84 Å². The number of hydrogen-bond acceptors (Lipinski definition) is 4. The maximum atomic E-state index is 11.6. The molecule has 3 N–H and O–H groups in total. The number of alkyl carbamates (subject to hydrolysis) is 1. The number of benzene rings is 1. The SMILES string of the molecule is CC(C)C(O)CC(NC(=O)OCc1ccccc1)C(=O)O. The number of ether oxygens (including phenoxy) is 1. The van der Waals surface area contributed by atoms with E-state index in [9.17, 15) is 14.7 Å². The van der Waals surface area contributed by atoms with Crippen LogP contribution in [-0.2, 0) is 16.1 Å². The summed E-state index contributed by atoms with van der Waals surface area (Å²) >= 11 is 0. The molecule has 1 aromatic rings. The fourth-order valence-electron chi connectivity index (χ4n) is 1.64. The molecular formula is C15H21NO5. The van der Waals surface area contributed by atoms with Crippen molar-refractivity contribution in [1.29, 1.82) is 0 Å². The number of carbonyl (C=O) groups is 2. The molecule has 0 heterocycles. The molecule has 0 bridgehead atoms. The third-order valence-corrected chi connectivity index (χ3v) is 3.05. The zero-order valence-electron chi connectivity index (χ0n) is 12.2. The number of rotatable bonds is 7. The Bertz CT molecular complexity index is 460. The van der Waals surface area contributed by atoms with Crippen molar-refractivity contribution < 1.29 is 24.5 Å². The second kappa shape index (κ2) is 8.26. The van der Waals surface area contributed by atoms with Crippen LogP contribution in [-0.4, -0.2) is 34.4 Å². The minimum absolute atomic E-state index is 0.0613. The second-order valence-electron chi connectivity index (χ2n) is 5.14. The Hall–Kier alpha value is -2.08. The summed E-state index contributed by atoms with van der Waals surface area (Å²) < 4.78 is 4.96. The Morgan fingerprint density at radius 1 is 1.24 bits per heavy atom. The van der Waals surface area contributed by atoms with Crippen molar-refractivity contribution in [2.45, 2.75) is 39.0 Å². The molecule has 0 saturated carbocycles. The van der Waals surface area contributed by atoms with E-state index < -0.39 is 24.2 Å². The van der Waals surface area contributed by atoms with Crippen LogP contribution in [0.15, 0.2) is 30.3 Å². The first kappa shape index (κ1) is 17.0. The Morgan fingerprint density at radius 3 is 2.38 bits per heavy atom. The molecule has 0 spiro atoms. The zero-order valence-corrected chi connectivity index (χ0v) is 12.2. The first-order valence-electron chi connectivity index (χ1n) is 6.78. The van der Waals surface area contributed by atoms with E-state index in [2.05, 4.69) is 5.32 Å². The molecule has 1 rings (SSSR count). The van der Waals surface area contributed by atoms with Crippen LogP contribution in [0.3, 0.4) is 0 Å². The third kappa shape index (κ3) is 6.27. The Morgan fingerprint density at radius 2 is 1.86 bits per heavy atom. The normalized spacial score (nSPS) is 13.5. The molecule has 21 heavy (non-hydrogen) atoms. The highest BCUT2D eigenvalue weighted by molar-refractivity contribution is 5.79. The van der Waals surface area contributed by atoms with Crippen LogP contribution in [0.2, 0.25) is 0 Å². The maximum absolute atomic E-state index is 11.6. The van der Waals surface area contributed by atoms with Gasteiger partial charge in [0.05, 0.1) is 6.10 Å². The van der Waals surface area contributed by atoms with Crippen LogP contribution in [0.1, 0.15) is 25.8 Å². The average Bonchev–Trinajstić information content (AvgIpc) is 2.45. The predicted molar refractivity (Wildman–Crippen MR) is 76.6 cm³/mol. The largest absolute Gasteiger partial charge is 0.480 e. The minimum atomic E-state index is -1.20. The lowest BCUT2D eigenvalue weighted by Crippen LogP contribution is -2.43. The van der Waals surface area contributed by atoms with Gasteiger partial charge in [0.2, 0.25) is 0 Å². The van der Waals surface area contributed by atoms with Gasteiger partial charge < -0.3 is 20.3 Å². The average molecular weight is 295 g/mol. The quantitative estimate of drug-likeness (QED) is 0.712. The van der Waals surface area contributed by atoms with E-state index in [1.165, 1.54) is 0 Å². The molecule has 0 aliphatic carbocycles. The van der Waals surface area contributed by atoms with Gasteiger partial charge in [0.15, 0.2) is 0 Å². The van der Waals surface area contributed by atoms with E-state index in [0.717, 1.165) is 5.56 Å². The maximum Gasteiger partial charge on any atom is 0.408 e. The molecule has 1 amide bonds. The monoisotopic (exact) mass is 295 g/mol. The van der Waals surface area contributed by atoms with Crippen molar-refractivity contribution in [2.24, 2.45) is 5.92 Å². The summed E-state index contributed by atoms with van der Waals surface area (Å²) in [5.74, 6) is -1.29. The summed E-state index contributed by atoms with van der Waals surface area (Å²) in [6, 6.07) is 7.89. The number of aliphatic hydroxyl groups is 1. The summed E-state index contributed by atoms with van der Waals surface area (Å²) in [6.07, 6.45) is -1.68. The van der Waals surface area contributed by atoms with Crippen LogP contribution in [0.4, 0.5) is 4.79 Å². The third-order valence-electron chi connectivity index (χ3n) is 3.05. The van der Waals surface area contributed by atoms with Crippen molar-refractivity contribution in [3.8, 4) is 0 Å². The lowest BCUT2D eigenvalue weighted by molar-refractivity contribution is -0.140. The van der Waals surface area contributed by atoms with Crippen molar-refractivity contribution in [1.82, 2.24) is 5.32 Å². The molecule has 0 aromatic heterocycles. The summed E-state index contributed by atoms with van der Waals surface area (Å²) in [5.41, 5.74) is 0.807. The van der Waals surface area contributed by atoms with Crippen molar-refractivity contribution in [2.75, 3.05) is 0 Å². The molecule has 6 heteroatoms. The fourth-order valence-corrected chi connectivity index (χ4v) is 1.64. The van der Waals surface area contributed by atoms with Gasteiger partial charge in [-0.05, 0) is 11.5 Å². The van der Waals surface area contributed by atoms with Gasteiger partial charge in [-0.2, -0.15) is 0 Å². The number of carboxylic acids is 1. The molecule has 6 nitrogen and oxygen atoms in total. The predicted octanol–water partition coefficient (Wildman–Crippen LogP) is 1.77. The van der Waals surface area contributed by atoms with Gasteiger partial charge in [0.1, 0.15) is 12.6 Å². The molecule has 116 valence electrons. The highest BCUT2D eigenvalue weighted by atomic mass is 16.5. The van der Waals surface area contributed by atoms with E-state index >= 15 is 0 Å². The summed E-state index contributed by atoms with van der Waals surface area (Å²) in [7, 11) is 0. The number of aliphatic carboxylic acids is 1. The number of hydrogen-bond donors (Lipinski definition) is 3.